The third-order valence-electron chi connectivity index (χ3n) is 1.80. The van der Waals surface area contributed by atoms with Crippen molar-refractivity contribution in [2.75, 3.05) is 19.9 Å². The highest BCUT2D eigenvalue weighted by Gasteiger charge is 2.07. The lowest BCUT2D eigenvalue weighted by Gasteiger charge is -2.12. The van der Waals surface area contributed by atoms with Gasteiger partial charge in [0.15, 0.2) is 0 Å². The van der Waals surface area contributed by atoms with Gasteiger partial charge in [-0.1, -0.05) is 11.6 Å². The zero-order chi connectivity index (χ0) is 11.3. The van der Waals surface area contributed by atoms with Crippen LogP contribution in [-0.4, -0.2) is 30.9 Å². The van der Waals surface area contributed by atoms with Gasteiger partial charge in [0.2, 0.25) is 0 Å². The molecule has 5 heteroatoms. The Bertz CT molecular complexity index is 329. The third-order valence-corrected chi connectivity index (χ3v) is 3.05. The summed E-state index contributed by atoms with van der Waals surface area (Å²) in [4.78, 5) is 17.1. The van der Waals surface area contributed by atoms with E-state index in [0.29, 0.717) is 10.8 Å². The van der Waals surface area contributed by atoms with Gasteiger partial charge in [-0.25, -0.2) is 5.06 Å². The average Bonchev–Trinajstić information content (AvgIpc) is 2.26. The molecule has 0 aliphatic heterocycles. The number of carbonyl (C=O) groups is 1. The van der Waals surface area contributed by atoms with E-state index in [1.807, 2.05) is 12.1 Å². The van der Waals surface area contributed by atoms with Crippen LogP contribution in [0.5, 0.6) is 0 Å². The molecule has 0 spiro atoms. The van der Waals surface area contributed by atoms with Crippen LogP contribution in [0, 0.1) is 0 Å². The smallest absolute Gasteiger partial charge is 0.256 e. The van der Waals surface area contributed by atoms with Crippen LogP contribution >= 0.6 is 23.4 Å². The van der Waals surface area contributed by atoms with Crippen LogP contribution in [-0.2, 0) is 9.63 Å². The summed E-state index contributed by atoms with van der Waals surface area (Å²) in [7, 11) is 3.05. The van der Waals surface area contributed by atoms with Gasteiger partial charge in [-0.3, -0.25) is 9.63 Å². The Kier molecular flexibility index (Phi) is 4.94. The van der Waals surface area contributed by atoms with E-state index in [1.165, 1.54) is 23.9 Å². The molecule has 0 heterocycles. The fourth-order valence-electron chi connectivity index (χ4n) is 0.869. The van der Waals surface area contributed by atoms with E-state index in [9.17, 15) is 4.79 Å². The molecule has 0 unspecified atom stereocenters. The molecule has 0 aromatic heterocycles. The Labute approximate surface area is 98.3 Å². The molecule has 82 valence electrons. The van der Waals surface area contributed by atoms with Crippen LogP contribution in [0.1, 0.15) is 0 Å². The van der Waals surface area contributed by atoms with Crippen LogP contribution in [0.25, 0.3) is 0 Å². The molecular formula is C10H12ClNO2S. The van der Waals surface area contributed by atoms with E-state index in [1.54, 1.807) is 19.2 Å². The first-order valence-corrected chi connectivity index (χ1v) is 5.69. The lowest BCUT2D eigenvalue weighted by atomic mass is 10.4. The van der Waals surface area contributed by atoms with Crippen molar-refractivity contribution in [3.8, 4) is 0 Å². The van der Waals surface area contributed by atoms with Crippen molar-refractivity contribution in [3.63, 3.8) is 0 Å². The second kappa shape index (κ2) is 6.00. The van der Waals surface area contributed by atoms with Gasteiger partial charge in [0.1, 0.15) is 0 Å². The fraction of sp³-hybridized carbons (Fsp3) is 0.300. The van der Waals surface area contributed by atoms with Crippen molar-refractivity contribution in [1.82, 2.24) is 5.06 Å². The number of hydroxylamine groups is 2. The number of amides is 1. The van der Waals surface area contributed by atoms with E-state index in [2.05, 4.69) is 0 Å². The highest BCUT2D eigenvalue weighted by Crippen LogP contribution is 2.20. The summed E-state index contributed by atoms with van der Waals surface area (Å²) >= 11 is 7.19. The minimum atomic E-state index is -0.0718. The molecule has 1 amide bonds. The Morgan fingerprint density at radius 2 is 2.07 bits per heavy atom. The number of benzene rings is 1. The Hall–Kier alpha value is -0.710. The predicted molar refractivity (Wildman–Crippen MR) is 62.0 cm³/mol. The molecular weight excluding hydrogens is 234 g/mol. The molecule has 0 bridgehead atoms. The van der Waals surface area contributed by atoms with Crippen LogP contribution in [0.4, 0.5) is 0 Å². The summed E-state index contributed by atoms with van der Waals surface area (Å²) in [6.45, 7) is 0. The van der Waals surface area contributed by atoms with Crippen LogP contribution in [0.2, 0.25) is 5.02 Å². The number of thioether (sulfide) groups is 1. The zero-order valence-corrected chi connectivity index (χ0v) is 10.1. The predicted octanol–water partition coefficient (Wildman–Crippen LogP) is 2.45. The molecule has 15 heavy (non-hydrogen) atoms. The van der Waals surface area contributed by atoms with Crippen molar-refractivity contribution < 1.29 is 9.63 Å². The Morgan fingerprint density at radius 3 is 2.60 bits per heavy atom. The van der Waals surface area contributed by atoms with E-state index in [0.717, 1.165) is 4.90 Å². The Morgan fingerprint density at radius 1 is 1.47 bits per heavy atom. The minimum absolute atomic E-state index is 0.0718. The number of rotatable bonds is 4. The molecule has 0 fully saturated rings. The number of hydrogen-bond acceptors (Lipinski definition) is 3. The molecule has 0 radical (unpaired) electrons. The summed E-state index contributed by atoms with van der Waals surface area (Å²) in [6.07, 6.45) is 0. The summed E-state index contributed by atoms with van der Waals surface area (Å²) in [5, 5.41) is 1.91. The number of hydrogen-bond donors (Lipinski definition) is 0. The maximum Gasteiger partial charge on any atom is 0.256 e. The monoisotopic (exact) mass is 245 g/mol. The topological polar surface area (TPSA) is 29.5 Å². The normalized spacial score (nSPS) is 10.1. The van der Waals surface area contributed by atoms with Crippen molar-refractivity contribution in [2.45, 2.75) is 4.90 Å². The number of carbonyl (C=O) groups excluding carboxylic acids is 1. The second-order valence-corrected chi connectivity index (χ2v) is 4.30. The first kappa shape index (κ1) is 12.4. The SMILES string of the molecule is CON(C)C(=O)CSc1ccc(Cl)cc1. The summed E-state index contributed by atoms with van der Waals surface area (Å²) in [5.74, 6) is 0.281. The van der Waals surface area contributed by atoms with Crippen molar-refractivity contribution in [1.29, 1.82) is 0 Å². The van der Waals surface area contributed by atoms with E-state index < -0.39 is 0 Å². The van der Waals surface area contributed by atoms with Gasteiger partial charge >= 0.3 is 0 Å². The average molecular weight is 246 g/mol. The van der Waals surface area contributed by atoms with E-state index in [-0.39, 0.29) is 5.91 Å². The van der Waals surface area contributed by atoms with Gasteiger partial charge in [-0.2, -0.15) is 0 Å². The molecule has 0 N–H and O–H groups in total. The quantitative estimate of drug-likeness (QED) is 0.603. The lowest BCUT2D eigenvalue weighted by molar-refractivity contribution is -0.165. The molecule has 3 nitrogen and oxygen atoms in total. The van der Waals surface area contributed by atoms with Gasteiger partial charge in [-0.05, 0) is 24.3 Å². The van der Waals surface area contributed by atoms with Crippen LogP contribution < -0.4 is 0 Å². The summed E-state index contributed by atoms with van der Waals surface area (Å²) in [5.41, 5.74) is 0. The second-order valence-electron chi connectivity index (χ2n) is 2.82. The standard InChI is InChI=1S/C10H12ClNO2S/c1-12(14-2)10(13)7-15-9-5-3-8(11)4-6-9/h3-6H,7H2,1-2H3. The fourth-order valence-corrected chi connectivity index (χ4v) is 1.80. The van der Waals surface area contributed by atoms with E-state index in [4.69, 9.17) is 16.4 Å². The largest absolute Gasteiger partial charge is 0.275 e. The van der Waals surface area contributed by atoms with Gasteiger partial charge in [0.25, 0.3) is 5.91 Å². The highest BCUT2D eigenvalue weighted by molar-refractivity contribution is 8.00. The molecule has 0 aliphatic rings. The zero-order valence-electron chi connectivity index (χ0n) is 8.57. The third kappa shape index (κ3) is 4.11. The number of halogens is 1. The molecule has 0 saturated heterocycles. The van der Waals surface area contributed by atoms with Crippen molar-refractivity contribution in [3.05, 3.63) is 29.3 Å². The van der Waals surface area contributed by atoms with Crippen LogP contribution in [0.3, 0.4) is 0 Å². The lowest BCUT2D eigenvalue weighted by Crippen LogP contribution is -2.26. The van der Waals surface area contributed by atoms with Gasteiger partial charge in [0, 0.05) is 17.0 Å². The molecule has 0 atom stereocenters. The van der Waals surface area contributed by atoms with Crippen LogP contribution in [0.15, 0.2) is 29.2 Å². The summed E-state index contributed by atoms with van der Waals surface area (Å²) in [6, 6.07) is 7.36. The maximum atomic E-state index is 11.4. The molecule has 1 rings (SSSR count). The first-order valence-electron chi connectivity index (χ1n) is 4.32. The van der Waals surface area contributed by atoms with E-state index >= 15 is 0 Å². The van der Waals surface area contributed by atoms with Gasteiger partial charge < -0.3 is 0 Å². The van der Waals surface area contributed by atoms with Crippen molar-refractivity contribution >= 4 is 29.3 Å². The van der Waals surface area contributed by atoms with Gasteiger partial charge in [-0.15, -0.1) is 11.8 Å². The Balaban J connectivity index is 2.43. The molecule has 1 aromatic carbocycles. The molecule has 0 saturated carbocycles. The summed E-state index contributed by atoms with van der Waals surface area (Å²) < 4.78 is 0. The number of nitrogens with zero attached hydrogens (tertiary/aromatic N) is 1. The molecule has 0 aliphatic carbocycles. The highest BCUT2D eigenvalue weighted by atomic mass is 35.5. The van der Waals surface area contributed by atoms with Crippen molar-refractivity contribution in [2.24, 2.45) is 0 Å². The first-order chi connectivity index (χ1) is 7.13. The van der Waals surface area contributed by atoms with Gasteiger partial charge in [0.05, 0.1) is 12.9 Å². The molecule has 1 aromatic rings. The minimum Gasteiger partial charge on any atom is -0.275 e. The maximum absolute atomic E-state index is 11.4.